The lowest BCUT2D eigenvalue weighted by atomic mass is 9.81. The normalized spacial score (nSPS) is 36.2. The topological polar surface area (TPSA) is 38.8 Å². The Kier molecular flexibility index (Phi) is 2.75. The molecular formula is C17H18F2O3. The lowest BCUT2D eigenvalue weighted by molar-refractivity contribution is -0.127. The minimum Gasteiger partial charge on any atom is -0.496 e. The summed E-state index contributed by atoms with van der Waals surface area (Å²) in [7, 11) is 1.45. The summed E-state index contributed by atoms with van der Waals surface area (Å²) < 4.78 is 39.1. The molecule has 2 aliphatic carbocycles. The van der Waals surface area contributed by atoms with Crippen molar-refractivity contribution in [3.05, 3.63) is 29.3 Å². The van der Waals surface area contributed by atoms with E-state index in [9.17, 15) is 13.6 Å². The third-order valence-corrected chi connectivity index (χ3v) is 5.46. The van der Waals surface area contributed by atoms with Crippen molar-refractivity contribution in [2.75, 3.05) is 7.11 Å². The molecule has 4 atom stereocenters. The van der Waals surface area contributed by atoms with Crippen LogP contribution in [0.25, 0.3) is 0 Å². The summed E-state index contributed by atoms with van der Waals surface area (Å²) >= 11 is 0. The molecule has 1 saturated heterocycles. The van der Waals surface area contributed by atoms with Gasteiger partial charge in [0, 0.05) is 24.0 Å². The van der Waals surface area contributed by atoms with Crippen LogP contribution in [0.5, 0.6) is 5.75 Å². The van der Waals surface area contributed by atoms with Gasteiger partial charge < -0.3 is 9.47 Å². The van der Waals surface area contributed by atoms with Gasteiger partial charge >= 0.3 is 0 Å². The molecule has 3 aliphatic rings. The van der Waals surface area contributed by atoms with Gasteiger partial charge in [-0.3, -0.25) is 4.79 Å². The van der Waals surface area contributed by atoms with Gasteiger partial charge in [-0.2, -0.15) is 0 Å². The minimum absolute atomic E-state index is 0.0512. The predicted octanol–water partition coefficient (Wildman–Crippen LogP) is 3.62. The monoisotopic (exact) mass is 308 g/mol. The molecule has 2 bridgehead atoms. The van der Waals surface area contributed by atoms with Crippen LogP contribution < -0.4 is 4.74 Å². The Balaban J connectivity index is 1.80. The van der Waals surface area contributed by atoms with E-state index in [4.69, 9.17) is 9.47 Å². The van der Waals surface area contributed by atoms with Gasteiger partial charge in [0.05, 0.1) is 7.11 Å². The van der Waals surface area contributed by atoms with Crippen molar-refractivity contribution in [3.63, 3.8) is 0 Å². The molecule has 0 amide bonds. The maximum absolute atomic E-state index is 14.0. The third-order valence-electron chi connectivity index (χ3n) is 5.46. The second-order valence-electron chi connectivity index (χ2n) is 6.67. The smallest absolute Gasteiger partial charge is 0.271 e. The fourth-order valence-corrected chi connectivity index (χ4v) is 4.44. The van der Waals surface area contributed by atoms with Crippen molar-refractivity contribution in [2.45, 2.75) is 43.8 Å². The van der Waals surface area contributed by atoms with Crippen LogP contribution in [0.15, 0.2) is 18.2 Å². The van der Waals surface area contributed by atoms with Crippen molar-refractivity contribution >= 4 is 5.78 Å². The Bertz CT molecular complexity index is 652. The van der Waals surface area contributed by atoms with Crippen LogP contribution >= 0.6 is 0 Å². The van der Waals surface area contributed by atoms with E-state index in [2.05, 4.69) is 0 Å². The molecule has 118 valence electrons. The zero-order valence-corrected chi connectivity index (χ0v) is 12.6. The zero-order chi connectivity index (χ0) is 15.7. The Hall–Kier alpha value is -1.49. The number of ketones is 1. The fraction of sp³-hybridized carbons (Fsp3) is 0.588. The number of epoxide rings is 1. The summed E-state index contributed by atoms with van der Waals surface area (Å²) in [5.74, 6) is -2.31. The number of carbonyl (C=O) groups is 1. The van der Waals surface area contributed by atoms with Gasteiger partial charge in [0.15, 0.2) is 11.4 Å². The largest absolute Gasteiger partial charge is 0.496 e. The lowest BCUT2D eigenvalue weighted by Crippen LogP contribution is -2.32. The third kappa shape index (κ3) is 1.66. The number of benzene rings is 1. The van der Waals surface area contributed by atoms with Crippen molar-refractivity contribution in [3.8, 4) is 5.75 Å². The molecule has 1 spiro atoms. The van der Waals surface area contributed by atoms with Gasteiger partial charge in [0.2, 0.25) is 0 Å². The van der Waals surface area contributed by atoms with E-state index in [1.54, 1.807) is 12.1 Å². The number of hydrogen-bond acceptors (Lipinski definition) is 3. The Morgan fingerprint density at radius 1 is 1.36 bits per heavy atom. The summed E-state index contributed by atoms with van der Waals surface area (Å²) in [5.41, 5.74) is -0.625. The second kappa shape index (κ2) is 4.28. The average Bonchev–Trinajstić information content (AvgIpc) is 2.90. The van der Waals surface area contributed by atoms with Crippen LogP contribution in [0.1, 0.15) is 43.4 Å². The standard InChI is InChI=1S/C17H18F2O3/c1-16(18,19)11-4-3-5-12(21-2)13(11)15-17(22-15)10-7-6-9(8-10)14(17)20/h3-5,9-10,15H,6-8H2,1-2H3. The van der Waals surface area contributed by atoms with Gasteiger partial charge in [-0.05, 0) is 31.2 Å². The number of carbonyl (C=O) groups excluding carboxylic acids is 1. The Morgan fingerprint density at radius 2 is 2.14 bits per heavy atom. The average molecular weight is 308 g/mol. The Morgan fingerprint density at radius 3 is 2.73 bits per heavy atom. The van der Waals surface area contributed by atoms with Gasteiger partial charge in [-0.25, -0.2) is 8.78 Å². The molecule has 22 heavy (non-hydrogen) atoms. The van der Waals surface area contributed by atoms with E-state index >= 15 is 0 Å². The molecule has 3 fully saturated rings. The van der Waals surface area contributed by atoms with Crippen LogP contribution in [0.2, 0.25) is 0 Å². The van der Waals surface area contributed by atoms with Crippen LogP contribution in [0, 0.1) is 11.8 Å². The maximum Gasteiger partial charge on any atom is 0.271 e. The summed E-state index contributed by atoms with van der Waals surface area (Å²) in [6.07, 6.45) is 2.10. The molecule has 1 aliphatic heterocycles. The number of fused-ring (bicyclic) bond motifs is 3. The molecule has 1 heterocycles. The molecular weight excluding hydrogens is 290 g/mol. The fourth-order valence-electron chi connectivity index (χ4n) is 4.44. The SMILES string of the molecule is COc1cccc(C(C)(F)F)c1C1OC12C(=O)C1CCC2C1. The quantitative estimate of drug-likeness (QED) is 0.801. The van der Waals surface area contributed by atoms with E-state index in [0.717, 1.165) is 26.2 Å². The molecule has 4 unspecified atom stereocenters. The molecule has 0 radical (unpaired) electrons. The second-order valence-corrected chi connectivity index (χ2v) is 6.67. The molecule has 5 heteroatoms. The van der Waals surface area contributed by atoms with Crippen molar-refractivity contribution in [1.82, 2.24) is 0 Å². The molecule has 4 rings (SSSR count). The molecule has 1 aromatic carbocycles. The minimum atomic E-state index is -3.00. The van der Waals surface area contributed by atoms with Gasteiger partial charge in [0.1, 0.15) is 11.9 Å². The molecule has 2 saturated carbocycles. The van der Waals surface area contributed by atoms with Crippen molar-refractivity contribution in [2.24, 2.45) is 11.8 Å². The summed E-state index contributed by atoms with van der Waals surface area (Å²) in [6, 6.07) is 4.59. The molecule has 1 aromatic rings. The number of ether oxygens (including phenoxy) is 2. The number of Topliss-reactive ketones (excluding diaryl/α,β-unsaturated/α-hetero) is 1. The highest BCUT2D eigenvalue weighted by Crippen LogP contribution is 2.67. The predicted molar refractivity (Wildman–Crippen MR) is 75.0 cm³/mol. The number of rotatable bonds is 3. The highest BCUT2D eigenvalue weighted by atomic mass is 19.3. The van der Waals surface area contributed by atoms with Crippen LogP contribution in [-0.4, -0.2) is 18.5 Å². The highest BCUT2D eigenvalue weighted by molar-refractivity contribution is 5.96. The van der Waals surface area contributed by atoms with E-state index in [-0.39, 0.29) is 23.2 Å². The Labute approximate surface area is 127 Å². The first-order valence-corrected chi connectivity index (χ1v) is 7.67. The summed E-state index contributed by atoms with van der Waals surface area (Å²) in [4.78, 5) is 12.5. The molecule has 0 N–H and O–H groups in total. The van der Waals surface area contributed by atoms with Gasteiger partial charge in [-0.1, -0.05) is 12.1 Å². The molecule has 0 aromatic heterocycles. The first-order chi connectivity index (χ1) is 10.4. The van der Waals surface area contributed by atoms with Crippen molar-refractivity contribution < 1.29 is 23.0 Å². The maximum atomic E-state index is 14.0. The number of halogens is 2. The first-order valence-electron chi connectivity index (χ1n) is 7.67. The van der Waals surface area contributed by atoms with Gasteiger partial charge in [0.25, 0.3) is 5.92 Å². The number of methoxy groups -OCH3 is 1. The van der Waals surface area contributed by atoms with E-state index < -0.39 is 17.6 Å². The lowest BCUT2D eigenvalue weighted by Gasteiger charge is -2.21. The van der Waals surface area contributed by atoms with Crippen LogP contribution in [0.4, 0.5) is 8.78 Å². The van der Waals surface area contributed by atoms with E-state index in [1.807, 2.05) is 0 Å². The number of hydrogen-bond donors (Lipinski definition) is 0. The van der Waals surface area contributed by atoms with E-state index in [0.29, 0.717) is 11.3 Å². The zero-order valence-electron chi connectivity index (χ0n) is 12.6. The van der Waals surface area contributed by atoms with Crippen LogP contribution in [-0.2, 0) is 15.5 Å². The summed E-state index contributed by atoms with van der Waals surface area (Å²) in [5, 5.41) is 0. The van der Waals surface area contributed by atoms with Crippen molar-refractivity contribution in [1.29, 1.82) is 0 Å². The summed E-state index contributed by atoms with van der Waals surface area (Å²) in [6.45, 7) is 0.864. The first kappa shape index (κ1) is 14.1. The molecule has 3 nitrogen and oxygen atoms in total. The highest BCUT2D eigenvalue weighted by Gasteiger charge is 2.74. The van der Waals surface area contributed by atoms with Crippen LogP contribution in [0.3, 0.4) is 0 Å². The number of alkyl halides is 2. The van der Waals surface area contributed by atoms with Gasteiger partial charge in [-0.15, -0.1) is 0 Å². The van der Waals surface area contributed by atoms with E-state index in [1.165, 1.54) is 13.2 Å².